The summed E-state index contributed by atoms with van der Waals surface area (Å²) in [6, 6.07) is 13.5. The third kappa shape index (κ3) is 4.08. The zero-order chi connectivity index (χ0) is 19.3. The van der Waals surface area contributed by atoms with Gasteiger partial charge in [0.1, 0.15) is 19.0 Å². The van der Waals surface area contributed by atoms with E-state index in [-0.39, 0.29) is 6.03 Å². The number of carbonyl (C=O) groups excluding carboxylic acids is 1. The molecule has 0 unspecified atom stereocenters. The molecule has 2 aliphatic heterocycles. The average molecular weight is 383 g/mol. The molecular weight excluding hydrogens is 358 g/mol. The largest absolute Gasteiger partial charge is 0.494 e. The van der Waals surface area contributed by atoms with E-state index in [0.717, 1.165) is 24.5 Å². The van der Waals surface area contributed by atoms with Crippen molar-refractivity contribution in [3.05, 3.63) is 42.5 Å². The fourth-order valence-electron chi connectivity index (χ4n) is 3.41. The molecule has 28 heavy (non-hydrogen) atoms. The smallest absolute Gasteiger partial charge is 0.321 e. The van der Waals surface area contributed by atoms with Gasteiger partial charge in [-0.2, -0.15) is 0 Å². The Morgan fingerprint density at radius 1 is 1.00 bits per heavy atom. The molecule has 2 heterocycles. The van der Waals surface area contributed by atoms with E-state index in [1.54, 1.807) is 0 Å². The first-order chi connectivity index (χ1) is 13.7. The molecule has 148 valence electrons. The van der Waals surface area contributed by atoms with Gasteiger partial charge in [0.25, 0.3) is 0 Å². The van der Waals surface area contributed by atoms with Crippen molar-refractivity contribution in [1.82, 2.24) is 4.90 Å². The SMILES string of the molecule is CCOc1ccc(N2CCN(C(=O)Nc3ccc4c(c3)OCCO4)CC2)cc1. The van der Waals surface area contributed by atoms with E-state index in [1.807, 2.05) is 42.2 Å². The summed E-state index contributed by atoms with van der Waals surface area (Å²) >= 11 is 0. The first kappa shape index (κ1) is 18.3. The van der Waals surface area contributed by atoms with Gasteiger partial charge in [0.15, 0.2) is 11.5 Å². The molecule has 7 heteroatoms. The second-order valence-corrected chi connectivity index (χ2v) is 6.69. The Bertz CT molecular complexity index is 817. The van der Waals surface area contributed by atoms with E-state index in [2.05, 4.69) is 22.3 Å². The first-order valence-electron chi connectivity index (χ1n) is 9.66. The van der Waals surface area contributed by atoms with Crippen LogP contribution in [0.3, 0.4) is 0 Å². The van der Waals surface area contributed by atoms with E-state index in [1.165, 1.54) is 0 Å². The Morgan fingerprint density at radius 2 is 1.71 bits per heavy atom. The van der Waals surface area contributed by atoms with Crippen molar-refractivity contribution in [2.24, 2.45) is 0 Å². The van der Waals surface area contributed by atoms with E-state index in [4.69, 9.17) is 14.2 Å². The Hall–Kier alpha value is -3.09. The summed E-state index contributed by atoms with van der Waals surface area (Å²) in [6.45, 7) is 6.65. The quantitative estimate of drug-likeness (QED) is 0.878. The monoisotopic (exact) mass is 383 g/mol. The molecule has 0 atom stereocenters. The first-order valence-corrected chi connectivity index (χ1v) is 9.66. The van der Waals surface area contributed by atoms with Gasteiger partial charge in [-0.05, 0) is 43.3 Å². The van der Waals surface area contributed by atoms with E-state index < -0.39 is 0 Å². The third-order valence-electron chi connectivity index (χ3n) is 4.87. The van der Waals surface area contributed by atoms with Crippen molar-refractivity contribution in [2.45, 2.75) is 6.92 Å². The highest BCUT2D eigenvalue weighted by Crippen LogP contribution is 2.32. The number of fused-ring (bicyclic) bond motifs is 1. The van der Waals surface area contributed by atoms with Crippen molar-refractivity contribution in [2.75, 3.05) is 56.2 Å². The highest BCUT2D eigenvalue weighted by Gasteiger charge is 2.22. The van der Waals surface area contributed by atoms with Crippen molar-refractivity contribution in [3.8, 4) is 17.2 Å². The number of hydrogen-bond acceptors (Lipinski definition) is 5. The van der Waals surface area contributed by atoms with Gasteiger partial charge in [-0.15, -0.1) is 0 Å². The maximum absolute atomic E-state index is 12.6. The van der Waals surface area contributed by atoms with Crippen molar-refractivity contribution < 1.29 is 19.0 Å². The topological polar surface area (TPSA) is 63.3 Å². The normalized spacial score (nSPS) is 15.9. The summed E-state index contributed by atoms with van der Waals surface area (Å²) < 4.78 is 16.6. The Balaban J connectivity index is 1.31. The summed E-state index contributed by atoms with van der Waals surface area (Å²) in [5, 5.41) is 2.95. The number of nitrogens with one attached hydrogen (secondary N) is 1. The molecule has 0 saturated carbocycles. The molecule has 0 bridgehead atoms. The van der Waals surface area contributed by atoms with Crippen LogP contribution in [0, 0.1) is 0 Å². The lowest BCUT2D eigenvalue weighted by Crippen LogP contribution is -2.50. The van der Waals surface area contributed by atoms with E-state index in [9.17, 15) is 4.79 Å². The number of piperazine rings is 1. The van der Waals surface area contributed by atoms with Crippen LogP contribution in [0.2, 0.25) is 0 Å². The molecule has 2 aromatic carbocycles. The number of anilines is 2. The Kier molecular flexibility index (Phi) is 5.41. The lowest BCUT2D eigenvalue weighted by Gasteiger charge is -2.36. The van der Waals surface area contributed by atoms with Gasteiger partial charge < -0.3 is 29.3 Å². The number of carbonyl (C=O) groups is 1. The van der Waals surface area contributed by atoms with Crippen LogP contribution in [0.4, 0.5) is 16.2 Å². The van der Waals surface area contributed by atoms with E-state index >= 15 is 0 Å². The number of amides is 2. The molecule has 1 saturated heterocycles. The van der Waals surface area contributed by atoms with Crippen LogP contribution in [0.15, 0.2) is 42.5 Å². The average Bonchev–Trinajstić information content (AvgIpc) is 2.74. The Labute approximate surface area is 164 Å². The number of hydrogen-bond donors (Lipinski definition) is 1. The fraction of sp³-hybridized carbons (Fsp3) is 0.381. The standard InChI is InChI=1S/C21H25N3O4/c1-2-26-18-6-4-17(5-7-18)23-9-11-24(12-10-23)21(25)22-16-3-8-19-20(15-16)28-14-13-27-19/h3-8,15H,2,9-14H2,1H3,(H,22,25). The molecule has 7 nitrogen and oxygen atoms in total. The summed E-state index contributed by atoms with van der Waals surface area (Å²) in [7, 11) is 0. The Morgan fingerprint density at radius 3 is 2.43 bits per heavy atom. The fourth-order valence-corrected chi connectivity index (χ4v) is 3.41. The molecule has 0 aliphatic carbocycles. The van der Waals surface area contributed by atoms with Crippen molar-refractivity contribution in [1.29, 1.82) is 0 Å². The minimum absolute atomic E-state index is 0.0944. The van der Waals surface area contributed by atoms with Gasteiger partial charge in [0.2, 0.25) is 0 Å². The van der Waals surface area contributed by atoms with Crippen LogP contribution in [0.25, 0.3) is 0 Å². The van der Waals surface area contributed by atoms with Crippen LogP contribution in [0.1, 0.15) is 6.92 Å². The maximum Gasteiger partial charge on any atom is 0.321 e. The lowest BCUT2D eigenvalue weighted by molar-refractivity contribution is 0.171. The summed E-state index contributed by atoms with van der Waals surface area (Å²) in [4.78, 5) is 16.7. The zero-order valence-corrected chi connectivity index (χ0v) is 16.0. The molecule has 4 rings (SSSR count). The highest BCUT2D eigenvalue weighted by atomic mass is 16.6. The van der Waals surface area contributed by atoms with Gasteiger partial charge in [0, 0.05) is 43.6 Å². The number of benzene rings is 2. The molecule has 2 aromatic rings. The van der Waals surface area contributed by atoms with Crippen LogP contribution in [-0.2, 0) is 0 Å². The number of rotatable bonds is 4. The van der Waals surface area contributed by atoms with Gasteiger partial charge >= 0.3 is 6.03 Å². The summed E-state index contributed by atoms with van der Waals surface area (Å²) in [6.07, 6.45) is 0. The zero-order valence-electron chi connectivity index (χ0n) is 16.0. The summed E-state index contributed by atoms with van der Waals surface area (Å²) in [5.74, 6) is 2.27. The van der Waals surface area contributed by atoms with Crippen LogP contribution in [-0.4, -0.2) is 56.9 Å². The highest BCUT2D eigenvalue weighted by molar-refractivity contribution is 5.90. The molecule has 2 amide bonds. The third-order valence-corrected chi connectivity index (χ3v) is 4.87. The maximum atomic E-state index is 12.6. The number of nitrogens with zero attached hydrogens (tertiary/aromatic N) is 2. The molecule has 0 aromatic heterocycles. The van der Waals surface area contributed by atoms with Gasteiger partial charge in [-0.25, -0.2) is 4.79 Å². The number of ether oxygens (including phenoxy) is 3. The minimum Gasteiger partial charge on any atom is -0.494 e. The minimum atomic E-state index is -0.0944. The second kappa shape index (κ2) is 8.29. The molecule has 1 fully saturated rings. The second-order valence-electron chi connectivity index (χ2n) is 6.69. The predicted octanol–water partition coefficient (Wildman–Crippen LogP) is 3.21. The molecule has 0 radical (unpaired) electrons. The predicted molar refractivity (Wildman–Crippen MR) is 108 cm³/mol. The summed E-state index contributed by atoms with van der Waals surface area (Å²) in [5.41, 5.74) is 1.86. The van der Waals surface area contributed by atoms with E-state index in [0.29, 0.717) is 50.1 Å². The van der Waals surface area contributed by atoms with Gasteiger partial charge in [0.05, 0.1) is 6.61 Å². The number of urea groups is 1. The van der Waals surface area contributed by atoms with Gasteiger partial charge in [-0.3, -0.25) is 0 Å². The van der Waals surface area contributed by atoms with Crippen LogP contribution in [0.5, 0.6) is 17.2 Å². The lowest BCUT2D eigenvalue weighted by atomic mass is 10.2. The van der Waals surface area contributed by atoms with Crippen molar-refractivity contribution >= 4 is 17.4 Å². The molecule has 1 N–H and O–H groups in total. The molecule has 2 aliphatic rings. The molecule has 0 spiro atoms. The van der Waals surface area contributed by atoms with Crippen molar-refractivity contribution in [3.63, 3.8) is 0 Å². The van der Waals surface area contributed by atoms with Crippen LogP contribution < -0.4 is 24.4 Å². The van der Waals surface area contributed by atoms with Gasteiger partial charge in [-0.1, -0.05) is 0 Å². The van der Waals surface area contributed by atoms with Crippen LogP contribution >= 0.6 is 0 Å². The molecular formula is C21H25N3O4.